The Labute approximate surface area is 155 Å². The van der Waals surface area contributed by atoms with Gasteiger partial charge in [-0.05, 0) is 63.5 Å². The molecular weight excluding hydrogens is 324 g/mol. The molecule has 0 saturated carbocycles. The van der Waals surface area contributed by atoms with Gasteiger partial charge in [-0.1, -0.05) is 18.6 Å². The van der Waals surface area contributed by atoms with Crippen LogP contribution >= 0.6 is 0 Å². The zero-order chi connectivity index (χ0) is 18.4. The summed E-state index contributed by atoms with van der Waals surface area (Å²) >= 11 is 0. The van der Waals surface area contributed by atoms with E-state index in [9.17, 15) is 4.79 Å². The molecule has 1 aromatic heterocycles. The minimum absolute atomic E-state index is 0.0427. The molecule has 3 rings (SSSR count). The van der Waals surface area contributed by atoms with E-state index in [1.807, 2.05) is 32.0 Å². The van der Waals surface area contributed by atoms with Crippen LogP contribution < -0.4 is 5.32 Å². The van der Waals surface area contributed by atoms with Crippen LogP contribution in [0.25, 0.3) is 0 Å². The Morgan fingerprint density at radius 2 is 1.69 bits per heavy atom. The molecule has 0 spiro atoms. The summed E-state index contributed by atoms with van der Waals surface area (Å²) in [7, 11) is 0. The highest BCUT2D eigenvalue weighted by atomic mass is 16.1. The van der Waals surface area contributed by atoms with E-state index in [0.29, 0.717) is 18.5 Å². The summed E-state index contributed by atoms with van der Waals surface area (Å²) in [5, 5.41) is 2.96. The number of hydrogen-bond donors (Lipinski definition) is 1. The molecule has 1 aromatic carbocycles. The van der Waals surface area contributed by atoms with Gasteiger partial charge in [-0.15, -0.1) is 0 Å². The van der Waals surface area contributed by atoms with Crippen molar-refractivity contribution in [3.63, 3.8) is 0 Å². The van der Waals surface area contributed by atoms with Crippen molar-refractivity contribution >= 4 is 5.91 Å². The smallest absolute Gasteiger partial charge is 0.251 e. The lowest BCUT2D eigenvalue weighted by Gasteiger charge is -2.26. The van der Waals surface area contributed by atoms with Crippen molar-refractivity contribution in [2.24, 2.45) is 0 Å². The van der Waals surface area contributed by atoms with E-state index in [4.69, 9.17) is 0 Å². The minimum Gasteiger partial charge on any atom is -0.352 e. The molecule has 26 heavy (non-hydrogen) atoms. The summed E-state index contributed by atoms with van der Waals surface area (Å²) in [4.78, 5) is 23.6. The largest absolute Gasteiger partial charge is 0.352 e. The van der Waals surface area contributed by atoms with Crippen molar-refractivity contribution in [1.29, 1.82) is 0 Å². The van der Waals surface area contributed by atoms with E-state index >= 15 is 0 Å². The highest BCUT2D eigenvalue weighted by Gasteiger charge is 2.11. The van der Waals surface area contributed by atoms with Gasteiger partial charge in [0.25, 0.3) is 5.91 Å². The Kier molecular flexibility index (Phi) is 6.34. The van der Waals surface area contributed by atoms with Crippen LogP contribution in [0.5, 0.6) is 0 Å². The summed E-state index contributed by atoms with van der Waals surface area (Å²) in [6.07, 6.45) is 4.58. The number of piperidine rings is 1. The maximum atomic E-state index is 12.3. The molecule has 5 nitrogen and oxygen atoms in total. The zero-order valence-electron chi connectivity index (χ0n) is 15.8. The van der Waals surface area contributed by atoms with Crippen LogP contribution in [0.2, 0.25) is 0 Å². The summed E-state index contributed by atoms with van der Waals surface area (Å²) < 4.78 is 0. The number of nitrogens with zero attached hydrogens (tertiary/aromatic N) is 3. The lowest BCUT2D eigenvalue weighted by Crippen LogP contribution is -2.29. The molecule has 2 aromatic rings. The van der Waals surface area contributed by atoms with Gasteiger partial charge in [0, 0.05) is 36.5 Å². The third kappa shape index (κ3) is 5.36. The molecule has 1 N–H and O–H groups in total. The molecule has 1 saturated heterocycles. The van der Waals surface area contributed by atoms with Crippen LogP contribution in [0, 0.1) is 13.8 Å². The van der Waals surface area contributed by atoms with Crippen LogP contribution in [0.4, 0.5) is 0 Å². The van der Waals surface area contributed by atoms with Gasteiger partial charge < -0.3 is 5.32 Å². The molecule has 0 unspecified atom stereocenters. The number of carbonyl (C=O) groups is 1. The molecule has 0 aliphatic carbocycles. The van der Waals surface area contributed by atoms with Gasteiger partial charge in [0.05, 0.1) is 0 Å². The van der Waals surface area contributed by atoms with Crippen molar-refractivity contribution in [3.8, 4) is 0 Å². The van der Waals surface area contributed by atoms with Gasteiger partial charge in [0.15, 0.2) is 0 Å². The van der Waals surface area contributed by atoms with Crippen molar-refractivity contribution in [2.45, 2.75) is 46.1 Å². The first-order valence-corrected chi connectivity index (χ1v) is 9.51. The number of likely N-dealkylation sites (tertiary alicyclic amines) is 1. The average molecular weight is 352 g/mol. The van der Waals surface area contributed by atoms with Gasteiger partial charge in [-0.2, -0.15) is 0 Å². The third-order valence-electron chi connectivity index (χ3n) is 4.73. The fourth-order valence-electron chi connectivity index (χ4n) is 3.44. The molecule has 2 heterocycles. The molecule has 138 valence electrons. The van der Waals surface area contributed by atoms with Gasteiger partial charge in [0.1, 0.15) is 5.82 Å². The summed E-state index contributed by atoms with van der Waals surface area (Å²) in [6, 6.07) is 9.92. The molecular formula is C21H28N4O. The van der Waals surface area contributed by atoms with Gasteiger partial charge >= 0.3 is 0 Å². The second kappa shape index (κ2) is 8.90. The lowest BCUT2D eigenvalue weighted by atomic mass is 10.1. The van der Waals surface area contributed by atoms with Gasteiger partial charge in [0.2, 0.25) is 0 Å². The van der Waals surface area contributed by atoms with E-state index in [1.165, 1.54) is 37.9 Å². The van der Waals surface area contributed by atoms with Gasteiger partial charge in [-0.3, -0.25) is 9.69 Å². The first-order chi connectivity index (χ1) is 12.6. The standard InChI is InChI=1S/C21H28N4O/c1-16-14-17(2)24-20(23-16)10-11-22-21(26)19-8-6-18(7-9-19)15-25-12-4-3-5-13-25/h6-9,14H,3-5,10-13,15H2,1-2H3,(H,22,26). The predicted molar refractivity (Wildman–Crippen MR) is 103 cm³/mol. The van der Waals surface area contributed by atoms with Crippen molar-refractivity contribution in [2.75, 3.05) is 19.6 Å². The van der Waals surface area contributed by atoms with Crippen LogP contribution in [0.3, 0.4) is 0 Å². The topological polar surface area (TPSA) is 58.1 Å². The van der Waals surface area contributed by atoms with E-state index < -0.39 is 0 Å². The molecule has 0 atom stereocenters. The molecule has 1 aliphatic rings. The molecule has 5 heteroatoms. The van der Waals surface area contributed by atoms with Crippen molar-refractivity contribution in [3.05, 3.63) is 58.7 Å². The summed E-state index contributed by atoms with van der Waals surface area (Å²) in [5.41, 5.74) is 3.90. The highest BCUT2D eigenvalue weighted by Crippen LogP contribution is 2.13. The number of benzene rings is 1. The first kappa shape index (κ1) is 18.5. The van der Waals surface area contributed by atoms with Crippen LogP contribution in [-0.2, 0) is 13.0 Å². The highest BCUT2D eigenvalue weighted by molar-refractivity contribution is 5.94. The van der Waals surface area contributed by atoms with Crippen molar-refractivity contribution < 1.29 is 4.79 Å². The number of aryl methyl sites for hydroxylation is 2. The Morgan fingerprint density at radius 1 is 1.04 bits per heavy atom. The minimum atomic E-state index is -0.0427. The van der Waals surface area contributed by atoms with E-state index in [2.05, 4.69) is 32.3 Å². The number of rotatable bonds is 6. The Hall–Kier alpha value is -2.27. The zero-order valence-corrected chi connectivity index (χ0v) is 15.8. The van der Waals surface area contributed by atoms with E-state index in [-0.39, 0.29) is 5.91 Å². The fraction of sp³-hybridized carbons (Fsp3) is 0.476. The predicted octanol–water partition coefficient (Wildman–Crippen LogP) is 3.05. The Balaban J connectivity index is 1.48. The van der Waals surface area contributed by atoms with Gasteiger partial charge in [-0.25, -0.2) is 9.97 Å². The molecule has 0 bridgehead atoms. The van der Waals surface area contributed by atoms with Crippen LogP contribution in [-0.4, -0.2) is 40.4 Å². The number of nitrogens with one attached hydrogen (secondary N) is 1. The maximum Gasteiger partial charge on any atom is 0.251 e. The normalized spacial score (nSPS) is 15.0. The number of carbonyl (C=O) groups excluding carboxylic acids is 1. The van der Waals surface area contributed by atoms with E-state index in [1.54, 1.807) is 0 Å². The first-order valence-electron chi connectivity index (χ1n) is 9.51. The van der Waals surface area contributed by atoms with Crippen LogP contribution in [0.15, 0.2) is 30.3 Å². The van der Waals surface area contributed by atoms with Crippen molar-refractivity contribution in [1.82, 2.24) is 20.2 Å². The quantitative estimate of drug-likeness (QED) is 0.868. The molecule has 1 fully saturated rings. The average Bonchev–Trinajstić information content (AvgIpc) is 2.62. The number of amides is 1. The lowest BCUT2D eigenvalue weighted by molar-refractivity contribution is 0.0954. The summed E-state index contributed by atoms with van der Waals surface area (Å²) in [6.45, 7) is 7.80. The van der Waals surface area contributed by atoms with E-state index in [0.717, 1.165) is 23.8 Å². The fourth-order valence-corrected chi connectivity index (χ4v) is 3.44. The number of hydrogen-bond acceptors (Lipinski definition) is 4. The molecule has 0 radical (unpaired) electrons. The summed E-state index contributed by atoms with van der Waals surface area (Å²) in [5.74, 6) is 0.735. The Morgan fingerprint density at radius 3 is 2.35 bits per heavy atom. The number of aromatic nitrogens is 2. The second-order valence-electron chi connectivity index (χ2n) is 7.11. The third-order valence-corrected chi connectivity index (χ3v) is 4.73. The second-order valence-corrected chi connectivity index (χ2v) is 7.11. The maximum absolute atomic E-state index is 12.3. The Bertz CT molecular complexity index is 716. The molecule has 1 aliphatic heterocycles. The SMILES string of the molecule is Cc1cc(C)nc(CCNC(=O)c2ccc(CN3CCCCC3)cc2)n1. The monoisotopic (exact) mass is 352 g/mol. The molecule has 1 amide bonds. The van der Waals surface area contributed by atoms with Crippen LogP contribution in [0.1, 0.15) is 52.4 Å².